The maximum atomic E-state index is 11.6. The van der Waals surface area contributed by atoms with E-state index < -0.39 is 5.79 Å². The predicted octanol–water partition coefficient (Wildman–Crippen LogP) is 5.36. The minimum absolute atomic E-state index is 0.0769. The first kappa shape index (κ1) is 22.7. The second-order valence-electron chi connectivity index (χ2n) is 13.4. The number of hydrogen-bond donors (Lipinski definition) is 2. The van der Waals surface area contributed by atoms with Gasteiger partial charge in [0.25, 0.3) is 0 Å². The monoisotopic (exact) mass is 454 g/mol. The highest BCUT2D eigenvalue weighted by Gasteiger charge is 2.67. The van der Waals surface area contributed by atoms with Crippen molar-refractivity contribution in [3.63, 3.8) is 0 Å². The summed E-state index contributed by atoms with van der Waals surface area (Å²) < 4.78 is 6.71. The fraction of sp³-hybridized carbons (Fsp3) is 0.897. The minimum Gasteiger partial charge on any atom is -0.364 e. The van der Waals surface area contributed by atoms with E-state index >= 15 is 0 Å². The van der Waals surface area contributed by atoms with Crippen LogP contribution < -0.4 is 5.32 Å². The summed E-state index contributed by atoms with van der Waals surface area (Å²) in [5.41, 5.74) is 2.42. The Morgan fingerprint density at radius 2 is 2.00 bits per heavy atom. The van der Waals surface area contributed by atoms with Crippen LogP contribution in [-0.2, 0) is 4.74 Å². The molecule has 5 fully saturated rings. The van der Waals surface area contributed by atoms with Crippen LogP contribution in [0.25, 0.3) is 0 Å². The molecule has 0 amide bonds. The van der Waals surface area contributed by atoms with E-state index in [-0.39, 0.29) is 12.1 Å². The summed E-state index contributed by atoms with van der Waals surface area (Å²) in [5, 5.41) is 15.3. The summed E-state index contributed by atoms with van der Waals surface area (Å²) in [4.78, 5) is 4.77. The molecule has 6 rings (SSSR count). The Morgan fingerprint density at radius 1 is 1.18 bits per heavy atom. The molecule has 0 unspecified atom stereocenters. The van der Waals surface area contributed by atoms with Gasteiger partial charge in [0.2, 0.25) is 0 Å². The van der Waals surface area contributed by atoms with Crippen LogP contribution in [0, 0.1) is 46.3 Å². The van der Waals surface area contributed by atoms with E-state index in [2.05, 4.69) is 46.0 Å². The Kier molecular flexibility index (Phi) is 5.27. The van der Waals surface area contributed by atoms with Gasteiger partial charge in [-0.15, -0.1) is 0 Å². The van der Waals surface area contributed by atoms with Crippen LogP contribution in [0.2, 0.25) is 0 Å². The van der Waals surface area contributed by atoms with Crippen molar-refractivity contribution in [2.45, 2.75) is 110 Å². The van der Waals surface area contributed by atoms with Crippen molar-refractivity contribution in [1.29, 1.82) is 0 Å². The predicted molar refractivity (Wildman–Crippen MR) is 133 cm³/mol. The molecule has 2 saturated heterocycles. The van der Waals surface area contributed by atoms with Gasteiger partial charge >= 0.3 is 0 Å². The van der Waals surface area contributed by atoms with Crippen LogP contribution in [0.3, 0.4) is 0 Å². The number of piperidine rings is 1. The number of nitrogens with zero attached hydrogens (tertiary/aromatic N) is 1. The van der Waals surface area contributed by atoms with E-state index in [0.29, 0.717) is 34.6 Å². The molecule has 3 saturated carbocycles. The lowest BCUT2D eigenvalue weighted by Gasteiger charge is -2.59. The number of nitrogens with one attached hydrogen (secondary N) is 1. The quantitative estimate of drug-likeness (QED) is 0.414. The van der Waals surface area contributed by atoms with Crippen molar-refractivity contribution in [3.8, 4) is 0 Å². The Labute approximate surface area is 201 Å². The van der Waals surface area contributed by atoms with Crippen LogP contribution in [0.1, 0.15) is 86.0 Å². The molecule has 6 aliphatic rings. The average Bonchev–Trinajstić information content (AvgIpc) is 3.05. The molecule has 12 atom stereocenters. The standard InChI is InChI=1S/C29H46N2O2/c1-6-30-20-9-11-27(4)19(13-20)7-8-21-22(27)10-12-28(5)23(21)14-24-25(28)18(3)26-29(32,33-24)15-17(2)16-31-26/h6-7,17-18,20-26,31-32H,8-16H2,1-5H3/t17-,18-,20-,21-,22-,23-,24-,25-,26+,27+,28+,29-/m1/s1. The second-order valence-corrected chi connectivity index (χ2v) is 13.4. The summed E-state index contributed by atoms with van der Waals surface area (Å²) >= 11 is 0. The first-order chi connectivity index (χ1) is 15.7. The third-order valence-corrected chi connectivity index (χ3v) is 11.8. The van der Waals surface area contributed by atoms with Crippen molar-refractivity contribution in [2.75, 3.05) is 6.54 Å². The fourth-order valence-corrected chi connectivity index (χ4v) is 10.4. The van der Waals surface area contributed by atoms with E-state index in [4.69, 9.17) is 9.73 Å². The van der Waals surface area contributed by atoms with Crippen molar-refractivity contribution in [3.05, 3.63) is 11.6 Å². The van der Waals surface area contributed by atoms with Gasteiger partial charge in [0, 0.05) is 6.42 Å². The first-order valence-corrected chi connectivity index (χ1v) is 14.0. The highest BCUT2D eigenvalue weighted by atomic mass is 16.6. The highest BCUT2D eigenvalue weighted by molar-refractivity contribution is 5.53. The van der Waals surface area contributed by atoms with Crippen LogP contribution in [0.5, 0.6) is 0 Å². The number of hydrogen-bond acceptors (Lipinski definition) is 4. The molecule has 2 aliphatic heterocycles. The van der Waals surface area contributed by atoms with Gasteiger partial charge in [-0.1, -0.05) is 39.3 Å². The van der Waals surface area contributed by atoms with E-state index in [1.165, 1.54) is 38.5 Å². The van der Waals surface area contributed by atoms with E-state index in [0.717, 1.165) is 37.1 Å². The molecule has 184 valence electrons. The molecule has 4 nitrogen and oxygen atoms in total. The number of ether oxygens (including phenoxy) is 1. The lowest BCUT2D eigenvalue weighted by Crippen LogP contribution is -2.68. The molecule has 0 aromatic rings. The Bertz CT molecular complexity index is 855. The van der Waals surface area contributed by atoms with Crippen molar-refractivity contribution in [1.82, 2.24) is 5.32 Å². The molecule has 4 heteroatoms. The van der Waals surface area contributed by atoms with Gasteiger partial charge in [-0.2, -0.15) is 0 Å². The lowest BCUT2D eigenvalue weighted by molar-refractivity contribution is -0.310. The SMILES string of the molecule is CC=N[C@@H]1CC[C@@]2(C)C(=CC[C@H]3[C@H]4C[C@H]5O[C@]6(O)C[C@@H](C)CN[C@H]6[C@H](C)[C@H]5[C@@]4(C)CC[C@H]32)C1. The van der Waals surface area contributed by atoms with Gasteiger partial charge in [-0.25, -0.2) is 0 Å². The zero-order valence-corrected chi connectivity index (χ0v) is 21.5. The second kappa shape index (κ2) is 7.64. The van der Waals surface area contributed by atoms with Gasteiger partial charge in [-0.3, -0.25) is 4.99 Å². The Hall–Kier alpha value is -0.710. The summed E-state index contributed by atoms with van der Waals surface area (Å²) in [6.45, 7) is 12.9. The molecule has 2 N–H and O–H groups in total. The lowest BCUT2D eigenvalue weighted by atomic mass is 9.46. The fourth-order valence-electron chi connectivity index (χ4n) is 10.4. The third-order valence-electron chi connectivity index (χ3n) is 11.8. The van der Waals surface area contributed by atoms with Crippen molar-refractivity contribution >= 4 is 6.21 Å². The summed E-state index contributed by atoms with van der Waals surface area (Å²) in [5.74, 6) is 2.80. The van der Waals surface area contributed by atoms with Crippen LogP contribution in [0.4, 0.5) is 0 Å². The van der Waals surface area contributed by atoms with Crippen LogP contribution in [-0.4, -0.2) is 41.8 Å². The molecule has 0 aromatic heterocycles. The average molecular weight is 455 g/mol. The molecule has 0 radical (unpaired) electrons. The Balaban J connectivity index is 1.30. The Morgan fingerprint density at radius 3 is 2.79 bits per heavy atom. The van der Waals surface area contributed by atoms with Gasteiger partial charge in [-0.05, 0) is 111 Å². The number of fused-ring (bicyclic) bond motifs is 8. The minimum atomic E-state index is -0.981. The zero-order valence-electron chi connectivity index (χ0n) is 21.5. The zero-order chi connectivity index (χ0) is 23.2. The van der Waals surface area contributed by atoms with Crippen LogP contribution >= 0.6 is 0 Å². The van der Waals surface area contributed by atoms with Gasteiger partial charge in [0.15, 0.2) is 5.79 Å². The van der Waals surface area contributed by atoms with Crippen LogP contribution in [0.15, 0.2) is 16.6 Å². The molecular weight excluding hydrogens is 408 g/mol. The summed E-state index contributed by atoms with van der Waals surface area (Å²) in [6, 6.07) is 0.579. The molecular formula is C29H46N2O2. The molecule has 0 spiro atoms. The number of rotatable bonds is 1. The first-order valence-electron chi connectivity index (χ1n) is 14.0. The van der Waals surface area contributed by atoms with E-state index in [1.54, 1.807) is 5.57 Å². The van der Waals surface area contributed by atoms with E-state index in [1.807, 2.05) is 6.21 Å². The van der Waals surface area contributed by atoms with Gasteiger partial charge in [0.1, 0.15) is 0 Å². The maximum Gasteiger partial charge on any atom is 0.181 e. The number of allylic oxidation sites excluding steroid dienone is 1. The molecule has 2 heterocycles. The van der Waals surface area contributed by atoms with Crippen molar-refractivity contribution < 1.29 is 9.84 Å². The topological polar surface area (TPSA) is 53.9 Å². The maximum absolute atomic E-state index is 11.6. The number of aliphatic hydroxyl groups is 1. The van der Waals surface area contributed by atoms with Crippen molar-refractivity contribution in [2.24, 2.45) is 51.3 Å². The molecule has 33 heavy (non-hydrogen) atoms. The normalized spacial score (nSPS) is 58.0. The van der Waals surface area contributed by atoms with Gasteiger partial charge < -0.3 is 15.2 Å². The third kappa shape index (κ3) is 3.15. The number of aliphatic imine (C=N–C) groups is 1. The summed E-state index contributed by atoms with van der Waals surface area (Å²) in [7, 11) is 0. The molecule has 0 aromatic carbocycles. The summed E-state index contributed by atoms with van der Waals surface area (Å²) in [6.07, 6.45) is 14.5. The largest absolute Gasteiger partial charge is 0.364 e. The smallest absolute Gasteiger partial charge is 0.181 e. The molecule has 4 aliphatic carbocycles. The molecule has 0 bridgehead atoms. The van der Waals surface area contributed by atoms with E-state index in [9.17, 15) is 5.11 Å². The highest BCUT2D eigenvalue weighted by Crippen LogP contribution is 2.69. The van der Waals surface area contributed by atoms with Gasteiger partial charge in [0.05, 0.1) is 18.2 Å².